The van der Waals surface area contributed by atoms with E-state index in [4.69, 9.17) is 9.26 Å². The number of aryl methyl sites for hydroxylation is 1. The monoisotopic (exact) mass is 314 g/mol. The Morgan fingerprint density at radius 2 is 2.22 bits per heavy atom. The summed E-state index contributed by atoms with van der Waals surface area (Å²) in [4.78, 5) is 14.3. The number of nitrogens with zero attached hydrogens (tertiary/aromatic N) is 2. The summed E-state index contributed by atoms with van der Waals surface area (Å²) in [6, 6.07) is 12.2. The van der Waals surface area contributed by atoms with Crippen LogP contribution in [0.4, 0.5) is 0 Å². The van der Waals surface area contributed by atoms with Crippen LogP contribution in [-0.4, -0.2) is 36.2 Å². The van der Waals surface area contributed by atoms with E-state index >= 15 is 0 Å². The van der Waals surface area contributed by atoms with Crippen LogP contribution in [0.1, 0.15) is 24.2 Å². The molecule has 1 atom stereocenters. The van der Waals surface area contributed by atoms with Crippen LogP contribution in [-0.2, 0) is 17.6 Å². The van der Waals surface area contributed by atoms with E-state index in [2.05, 4.69) is 29.4 Å². The topological polar surface area (TPSA) is 55.6 Å². The molecule has 1 unspecified atom stereocenters. The summed E-state index contributed by atoms with van der Waals surface area (Å²) in [5.41, 5.74) is 1.35. The van der Waals surface area contributed by atoms with Crippen LogP contribution in [0, 0.1) is 5.92 Å². The molecular formula is C18H22N2O3. The zero-order valence-electron chi connectivity index (χ0n) is 13.4. The summed E-state index contributed by atoms with van der Waals surface area (Å²) in [7, 11) is 1.55. The van der Waals surface area contributed by atoms with Gasteiger partial charge in [0.25, 0.3) is 5.88 Å². The molecule has 23 heavy (non-hydrogen) atoms. The van der Waals surface area contributed by atoms with Gasteiger partial charge in [0.1, 0.15) is 5.76 Å². The van der Waals surface area contributed by atoms with Gasteiger partial charge in [-0.05, 0) is 29.5 Å². The summed E-state index contributed by atoms with van der Waals surface area (Å²) >= 11 is 0. The minimum absolute atomic E-state index is 0.191. The highest BCUT2D eigenvalue weighted by atomic mass is 16.5. The average Bonchev–Trinajstić information content (AvgIpc) is 3.23. The maximum absolute atomic E-state index is 12.3. The number of likely N-dealkylation sites (tertiary alicyclic amines) is 1. The molecule has 2 heterocycles. The number of hydrogen-bond donors (Lipinski definition) is 0. The van der Waals surface area contributed by atoms with Crippen molar-refractivity contribution in [3.05, 3.63) is 47.7 Å². The van der Waals surface area contributed by atoms with E-state index in [-0.39, 0.29) is 5.91 Å². The van der Waals surface area contributed by atoms with E-state index in [0.717, 1.165) is 25.9 Å². The van der Waals surface area contributed by atoms with Crippen LogP contribution in [0.2, 0.25) is 0 Å². The quantitative estimate of drug-likeness (QED) is 0.822. The van der Waals surface area contributed by atoms with Crippen LogP contribution in [0.25, 0.3) is 0 Å². The van der Waals surface area contributed by atoms with Crippen molar-refractivity contribution in [1.29, 1.82) is 0 Å². The first-order chi connectivity index (χ1) is 11.2. The van der Waals surface area contributed by atoms with Crippen LogP contribution >= 0.6 is 0 Å². The largest absolute Gasteiger partial charge is 0.479 e. The number of carbonyl (C=O) groups excluding carboxylic acids is 1. The number of amides is 1. The predicted octanol–water partition coefficient (Wildman–Crippen LogP) is 2.71. The highest BCUT2D eigenvalue weighted by Crippen LogP contribution is 2.22. The van der Waals surface area contributed by atoms with Gasteiger partial charge in [-0.2, -0.15) is 0 Å². The van der Waals surface area contributed by atoms with Crippen molar-refractivity contribution in [3.8, 4) is 5.88 Å². The molecule has 5 nitrogen and oxygen atoms in total. The zero-order chi connectivity index (χ0) is 16.1. The first-order valence-electron chi connectivity index (χ1n) is 8.06. The summed E-state index contributed by atoms with van der Waals surface area (Å²) in [6.45, 7) is 1.71. The van der Waals surface area contributed by atoms with Crippen molar-refractivity contribution in [2.45, 2.75) is 25.7 Å². The zero-order valence-corrected chi connectivity index (χ0v) is 13.4. The predicted molar refractivity (Wildman–Crippen MR) is 86.2 cm³/mol. The van der Waals surface area contributed by atoms with Crippen molar-refractivity contribution < 1.29 is 14.1 Å². The second kappa shape index (κ2) is 7.31. The smallest absolute Gasteiger partial charge is 0.254 e. The molecule has 5 heteroatoms. The first-order valence-corrected chi connectivity index (χ1v) is 8.06. The normalized spacial score (nSPS) is 17.4. The number of benzene rings is 1. The molecular weight excluding hydrogens is 292 g/mol. The van der Waals surface area contributed by atoms with Crippen molar-refractivity contribution in [2.24, 2.45) is 5.92 Å². The molecule has 0 saturated carbocycles. The van der Waals surface area contributed by atoms with Gasteiger partial charge in [0, 0.05) is 32.0 Å². The molecule has 1 saturated heterocycles. The molecule has 0 bridgehead atoms. The third-order valence-corrected chi connectivity index (χ3v) is 4.34. The van der Waals surface area contributed by atoms with Crippen LogP contribution in [0.3, 0.4) is 0 Å². The van der Waals surface area contributed by atoms with Gasteiger partial charge in [-0.25, -0.2) is 0 Å². The SMILES string of the molecule is COc1cc(CCC(=O)N2CCC(Cc3ccccc3)C2)on1. The van der Waals surface area contributed by atoms with Crippen LogP contribution in [0.15, 0.2) is 40.9 Å². The van der Waals surface area contributed by atoms with Gasteiger partial charge in [0.05, 0.1) is 7.11 Å². The van der Waals surface area contributed by atoms with Gasteiger partial charge in [-0.3, -0.25) is 4.79 Å². The standard InChI is InChI=1S/C18H22N2O3/c1-22-17-12-16(23-19-17)7-8-18(21)20-10-9-15(13-20)11-14-5-3-2-4-6-14/h2-6,12,15H,7-11,13H2,1H3. The van der Waals surface area contributed by atoms with Gasteiger partial charge in [-0.1, -0.05) is 30.3 Å². The molecule has 0 spiro atoms. The second-order valence-corrected chi connectivity index (χ2v) is 6.02. The van der Waals surface area contributed by atoms with Crippen LogP contribution < -0.4 is 4.74 Å². The van der Waals surface area contributed by atoms with Gasteiger partial charge >= 0.3 is 0 Å². The number of ether oxygens (including phenoxy) is 1. The lowest BCUT2D eigenvalue weighted by molar-refractivity contribution is -0.130. The number of methoxy groups -OCH3 is 1. The number of hydrogen-bond acceptors (Lipinski definition) is 4. The first kappa shape index (κ1) is 15.6. The average molecular weight is 314 g/mol. The molecule has 1 amide bonds. The Hall–Kier alpha value is -2.30. The van der Waals surface area contributed by atoms with Crippen LogP contribution in [0.5, 0.6) is 5.88 Å². The maximum Gasteiger partial charge on any atom is 0.254 e. The van der Waals surface area contributed by atoms with Crippen molar-refractivity contribution in [3.63, 3.8) is 0 Å². The van der Waals surface area contributed by atoms with Gasteiger partial charge in [-0.15, -0.1) is 0 Å². The van der Waals surface area contributed by atoms with E-state index in [1.165, 1.54) is 5.56 Å². The fraction of sp³-hybridized carbons (Fsp3) is 0.444. The van der Waals surface area contributed by atoms with E-state index in [0.29, 0.717) is 30.4 Å². The summed E-state index contributed by atoms with van der Waals surface area (Å²) in [6.07, 6.45) is 3.14. The van der Waals surface area contributed by atoms with E-state index < -0.39 is 0 Å². The van der Waals surface area contributed by atoms with Gasteiger partial charge < -0.3 is 14.2 Å². The Bertz CT molecular complexity index is 639. The Labute approximate surface area is 136 Å². The maximum atomic E-state index is 12.3. The molecule has 1 aliphatic heterocycles. The van der Waals surface area contributed by atoms with Crippen molar-refractivity contribution in [1.82, 2.24) is 10.1 Å². The fourth-order valence-electron chi connectivity index (χ4n) is 3.07. The molecule has 0 aliphatic carbocycles. The van der Waals surface area contributed by atoms with E-state index in [1.54, 1.807) is 13.2 Å². The van der Waals surface area contributed by atoms with Crippen molar-refractivity contribution >= 4 is 5.91 Å². The number of aromatic nitrogens is 1. The summed E-state index contributed by atoms with van der Waals surface area (Å²) in [5.74, 6) is 1.90. The minimum atomic E-state index is 0.191. The third-order valence-electron chi connectivity index (χ3n) is 4.34. The molecule has 1 fully saturated rings. The Kier molecular flexibility index (Phi) is 4.95. The van der Waals surface area contributed by atoms with Gasteiger partial charge in [0.2, 0.25) is 5.91 Å². The van der Waals surface area contributed by atoms with E-state index in [1.807, 2.05) is 11.0 Å². The highest BCUT2D eigenvalue weighted by Gasteiger charge is 2.26. The lowest BCUT2D eigenvalue weighted by atomic mass is 9.99. The Balaban J connectivity index is 1.45. The van der Waals surface area contributed by atoms with Crippen molar-refractivity contribution in [2.75, 3.05) is 20.2 Å². The van der Waals surface area contributed by atoms with Gasteiger partial charge in [0.15, 0.2) is 0 Å². The third kappa shape index (κ3) is 4.12. The molecule has 2 aromatic rings. The lowest BCUT2D eigenvalue weighted by Gasteiger charge is -2.16. The Morgan fingerprint density at radius 3 is 2.96 bits per heavy atom. The molecule has 0 N–H and O–H groups in total. The summed E-state index contributed by atoms with van der Waals surface area (Å²) in [5, 5.41) is 3.75. The lowest BCUT2D eigenvalue weighted by Crippen LogP contribution is -2.29. The number of carbonyl (C=O) groups is 1. The second-order valence-electron chi connectivity index (χ2n) is 6.02. The Morgan fingerprint density at radius 1 is 1.39 bits per heavy atom. The van der Waals surface area contributed by atoms with E-state index in [9.17, 15) is 4.79 Å². The molecule has 3 rings (SSSR count). The number of rotatable bonds is 6. The molecule has 1 aromatic heterocycles. The molecule has 1 aromatic carbocycles. The minimum Gasteiger partial charge on any atom is -0.479 e. The highest BCUT2D eigenvalue weighted by molar-refractivity contribution is 5.76. The molecule has 1 aliphatic rings. The molecule has 122 valence electrons. The summed E-state index contributed by atoms with van der Waals surface area (Å²) < 4.78 is 10.1. The molecule has 0 radical (unpaired) electrons. The fourth-order valence-corrected chi connectivity index (χ4v) is 3.07.